The van der Waals surface area contributed by atoms with E-state index >= 15 is 0 Å². The summed E-state index contributed by atoms with van der Waals surface area (Å²) in [6.07, 6.45) is 3.46. The molecule has 0 aliphatic carbocycles. The molecule has 2 heterocycles. The van der Waals surface area contributed by atoms with Crippen LogP contribution in [-0.2, 0) is 26.4 Å². The molecule has 1 aromatic heterocycles. The Morgan fingerprint density at radius 3 is 2.48 bits per heavy atom. The third-order valence-electron chi connectivity index (χ3n) is 4.10. The van der Waals surface area contributed by atoms with E-state index in [1.54, 1.807) is 24.5 Å². The lowest BCUT2D eigenvalue weighted by Crippen LogP contribution is -2.40. The number of sulfone groups is 1. The Hall–Kier alpha value is -1.48. The maximum absolute atomic E-state index is 13.1. The van der Waals surface area contributed by atoms with Gasteiger partial charge in [0.2, 0.25) is 10.0 Å². The van der Waals surface area contributed by atoms with E-state index in [0.717, 1.165) is 0 Å². The molecule has 1 atom stereocenters. The predicted octanol–water partition coefficient (Wildman–Crippen LogP) is 2.11. The predicted molar refractivity (Wildman–Crippen MR) is 95.5 cm³/mol. The third-order valence-corrected chi connectivity index (χ3v) is 8.01. The smallest absolute Gasteiger partial charge is 0.243 e. The second-order valence-corrected chi connectivity index (χ2v) is 10.5. The van der Waals surface area contributed by atoms with Crippen LogP contribution in [0.5, 0.6) is 0 Å². The highest BCUT2D eigenvalue weighted by Gasteiger charge is 2.38. The molecule has 0 N–H and O–H groups in total. The highest BCUT2D eigenvalue weighted by Crippen LogP contribution is 2.27. The van der Waals surface area contributed by atoms with Gasteiger partial charge in [0.25, 0.3) is 0 Å². The molecule has 6 nitrogen and oxygen atoms in total. The minimum atomic E-state index is -3.87. The van der Waals surface area contributed by atoms with Crippen LogP contribution in [0, 0.1) is 0 Å². The summed E-state index contributed by atoms with van der Waals surface area (Å²) in [5.41, 5.74) is 0.698. The maximum atomic E-state index is 13.1. The zero-order chi connectivity index (χ0) is 18.1. The van der Waals surface area contributed by atoms with Gasteiger partial charge in [-0.15, -0.1) is 0 Å². The van der Waals surface area contributed by atoms with Crippen LogP contribution in [0.4, 0.5) is 0 Å². The molecule has 1 fully saturated rings. The molecule has 1 aliphatic rings. The van der Waals surface area contributed by atoms with E-state index in [-0.39, 0.29) is 29.4 Å². The zero-order valence-electron chi connectivity index (χ0n) is 13.2. The molecule has 3 rings (SSSR count). The summed E-state index contributed by atoms with van der Waals surface area (Å²) in [4.78, 5) is 4.09. The molecule has 1 aliphatic heterocycles. The number of pyridine rings is 1. The van der Waals surface area contributed by atoms with E-state index in [0.29, 0.717) is 10.6 Å². The average molecular weight is 401 g/mol. The van der Waals surface area contributed by atoms with Gasteiger partial charge in [-0.05, 0) is 42.3 Å². The second kappa shape index (κ2) is 7.03. The van der Waals surface area contributed by atoms with Crippen molar-refractivity contribution in [1.82, 2.24) is 9.29 Å². The van der Waals surface area contributed by atoms with Crippen molar-refractivity contribution in [1.29, 1.82) is 0 Å². The lowest BCUT2D eigenvalue weighted by atomic mass is 10.2. The first-order valence-electron chi connectivity index (χ1n) is 7.65. The fourth-order valence-corrected chi connectivity index (χ4v) is 6.42. The standard InChI is InChI=1S/C16H17ClN2O4S2/c17-14-3-5-16(6-4-14)25(22,23)19(11-13-2-1-8-18-10-13)15-7-9-24(20,21)12-15/h1-6,8,10,15H,7,9,11-12H2. The molecular weight excluding hydrogens is 384 g/mol. The number of nitrogens with zero attached hydrogens (tertiary/aromatic N) is 2. The van der Waals surface area contributed by atoms with E-state index in [1.807, 2.05) is 0 Å². The van der Waals surface area contributed by atoms with Crippen molar-refractivity contribution in [2.75, 3.05) is 11.5 Å². The Bertz CT molecular complexity index is 945. The lowest BCUT2D eigenvalue weighted by Gasteiger charge is -2.27. The molecule has 0 amide bonds. The summed E-state index contributed by atoms with van der Waals surface area (Å²) in [7, 11) is -7.09. The fraction of sp³-hybridized carbons (Fsp3) is 0.312. The molecule has 25 heavy (non-hydrogen) atoms. The quantitative estimate of drug-likeness (QED) is 0.767. The van der Waals surface area contributed by atoms with Crippen LogP contribution in [-0.4, -0.2) is 43.7 Å². The number of benzene rings is 1. The van der Waals surface area contributed by atoms with Crippen molar-refractivity contribution < 1.29 is 16.8 Å². The molecule has 0 radical (unpaired) electrons. The van der Waals surface area contributed by atoms with Crippen LogP contribution in [0.15, 0.2) is 53.7 Å². The molecular formula is C16H17ClN2O4S2. The molecule has 1 unspecified atom stereocenters. The molecule has 0 spiro atoms. The van der Waals surface area contributed by atoms with Gasteiger partial charge < -0.3 is 0 Å². The number of rotatable bonds is 5. The minimum Gasteiger partial charge on any atom is -0.264 e. The lowest BCUT2D eigenvalue weighted by molar-refractivity contribution is 0.334. The maximum Gasteiger partial charge on any atom is 0.243 e. The third kappa shape index (κ3) is 4.20. The SMILES string of the molecule is O=S1(=O)CCC(N(Cc2cccnc2)S(=O)(=O)c2ccc(Cl)cc2)C1. The summed E-state index contributed by atoms with van der Waals surface area (Å²) in [6.45, 7) is 0.0684. The molecule has 9 heteroatoms. The van der Waals surface area contributed by atoms with Gasteiger partial charge in [-0.25, -0.2) is 16.8 Å². The topological polar surface area (TPSA) is 84.4 Å². The van der Waals surface area contributed by atoms with E-state index in [2.05, 4.69) is 4.98 Å². The van der Waals surface area contributed by atoms with Gasteiger partial charge in [0, 0.05) is 30.0 Å². The van der Waals surface area contributed by atoms with Gasteiger partial charge >= 0.3 is 0 Å². The highest BCUT2D eigenvalue weighted by atomic mass is 35.5. The van der Waals surface area contributed by atoms with E-state index in [1.165, 1.54) is 28.6 Å². The van der Waals surface area contributed by atoms with Crippen molar-refractivity contribution in [2.24, 2.45) is 0 Å². The molecule has 0 saturated carbocycles. The number of halogens is 1. The van der Waals surface area contributed by atoms with Crippen molar-refractivity contribution in [2.45, 2.75) is 23.9 Å². The van der Waals surface area contributed by atoms with Crippen molar-refractivity contribution in [3.8, 4) is 0 Å². The Kier molecular flexibility index (Phi) is 5.15. The average Bonchev–Trinajstić information content (AvgIpc) is 2.93. The molecule has 2 aromatic rings. The van der Waals surface area contributed by atoms with Crippen molar-refractivity contribution >= 4 is 31.5 Å². The Labute approximate surface area is 152 Å². The Balaban J connectivity index is 1.99. The fourth-order valence-electron chi connectivity index (χ4n) is 2.83. The van der Waals surface area contributed by atoms with Gasteiger partial charge in [-0.1, -0.05) is 17.7 Å². The van der Waals surface area contributed by atoms with Crippen molar-refractivity contribution in [3.63, 3.8) is 0 Å². The summed E-state index contributed by atoms with van der Waals surface area (Å²) in [6, 6.07) is 8.75. The summed E-state index contributed by atoms with van der Waals surface area (Å²) < 4.78 is 51.2. The van der Waals surface area contributed by atoms with Gasteiger partial charge in [-0.2, -0.15) is 4.31 Å². The van der Waals surface area contributed by atoms with Gasteiger partial charge in [-0.3, -0.25) is 4.98 Å². The summed E-state index contributed by atoms with van der Waals surface area (Å²) in [5.74, 6) is -0.169. The van der Waals surface area contributed by atoms with Crippen LogP contribution in [0.25, 0.3) is 0 Å². The van der Waals surface area contributed by atoms with Crippen LogP contribution < -0.4 is 0 Å². The monoisotopic (exact) mass is 400 g/mol. The van der Waals surface area contributed by atoms with E-state index < -0.39 is 25.9 Å². The van der Waals surface area contributed by atoms with Gasteiger partial charge in [0.15, 0.2) is 9.84 Å². The van der Waals surface area contributed by atoms with Gasteiger partial charge in [0.05, 0.1) is 16.4 Å². The molecule has 134 valence electrons. The van der Waals surface area contributed by atoms with Crippen LogP contribution >= 0.6 is 11.6 Å². The number of hydrogen-bond acceptors (Lipinski definition) is 5. The number of aromatic nitrogens is 1. The van der Waals surface area contributed by atoms with Crippen molar-refractivity contribution in [3.05, 3.63) is 59.4 Å². The highest BCUT2D eigenvalue weighted by molar-refractivity contribution is 7.92. The van der Waals surface area contributed by atoms with E-state index in [4.69, 9.17) is 11.6 Å². The second-order valence-electron chi connectivity index (χ2n) is 5.92. The normalized spacial score (nSPS) is 20.0. The minimum absolute atomic E-state index is 0.00263. The van der Waals surface area contributed by atoms with Gasteiger partial charge in [0.1, 0.15) is 0 Å². The van der Waals surface area contributed by atoms with Crippen LogP contribution in [0.3, 0.4) is 0 Å². The molecule has 1 saturated heterocycles. The first kappa shape index (κ1) is 18.3. The first-order valence-corrected chi connectivity index (χ1v) is 11.3. The number of sulfonamides is 1. The molecule has 1 aromatic carbocycles. The van der Waals surface area contributed by atoms with E-state index in [9.17, 15) is 16.8 Å². The number of hydrogen-bond donors (Lipinski definition) is 0. The Morgan fingerprint density at radius 1 is 1.20 bits per heavy atom. The summed E-state index contributed by atoms with van der Waals surface area (Å²) in [5, 5.41) is 0.432. The zero-order valence-corrected chi connectivity index (χ0v) is 15.6. The van der Waals surface area contributed by atoms with Crippen LogP contribution in [0.2, 0.25) is 5.02 Å². The first-order chi connectivity index (χ1) is 11.8. The summed E-state index contributed by atoms with van der Waals surface area (Å²) >= 11 is 5.84. The van der Waals surface area contributed by atoms with Crippen LogP contribution in [0.1, 0.15) is 12.0 Å². The largest absolute Gasteiger partial charge is 0.264 e. The Morgan fingerprint density at radius 2 is 1.92 bits per heavy atom. The molecule has 0 bridgehead atoms.